The molecule has 0 aromatic heterocycles. The summed E-state index contributed by atoms with van der Waals surface area (Å²) in [5.74, 6) is 0.317. The van der Waals surface area contributed by atoms with Crippen molar-refractivity contribution in [2.45, 2.75) is 13.3 Å². The van der Waals surface area contributed by atoms with Crippen molar-refractivity contribution in [1.82, 2.24) is 0 Å². The van der Waals surface area contributed by atoms with Crippen LogP contribution in [0.1, 0.15) is 13.3 Å². The first-order valence-electron chi connectivity index (χ1n) is 3.21. The lowest BCUT2D eigenvalue weighted by atomic mass is 10.3. The molecule has 1 heterocycles. The minimum Gasteiger partial charge on any atom is -0.368 e. The fourth-order valence-electron chi connectivity index (χ4n) is 0.683. The zero-order chi connectivity index (χ0) is 7.40. The Morgan fingerprint density at radius 2 is 2.40 bits per heavy atom. The molecule has 0 aromatic carbocycles. The molecule has 2 N–H and O–H groups in total. The van der Waals surface area contributed by atoms with Crippen LogP contribution in [0.15, 0.2) is 9.98 Å². The van der Waals surface area contributed by atoms with E-state index in [1.807, 2.05) is 6.92 Å². The topological polar surface area (TPSA) is 60.0 Å². The Morgan fingerprint density at radius 1 is 1.60 bits per heavy atom. The number of guanidine groups is 1. The summed E-state index contributed by atoms with van der Waals surface area (Å²) in [6.45, 7) is 2.94. The van der Waals surface area contributed by atoms with E-state index in [0.717, 1.165) is 12.1 Å². The summed E-state index contributed by atoms with van der Waals surface area (Å²) in [6.07, 6.45) is 0.843. The molecule has 4 nitrogen and oxygen atoms in total. The summed E-state index contributed by atoms with van der Waals surface area (Å²) in [5, 5.41) is 0. The smallest absolute Gasteiger partial charge is 0.217 e. The lowest BCUT2D eigenvalue weighted by Gasteiger charge is -2.05. The first kappa shape index (κ1) is 7.21. The molecule has 1 aliphatic rings. The molecule has 0 fully saturated rings. The van der Waals surface area contributed by atoms with Gasteiger partial charge in [0.15, 0.2) is 0 Å². The van der Waals surface area contributed by atoms with Crippen molar-refractivity contribution in [1.29, 1.82) is 0 Å². The Hall–Kier alpha value is -0.900. The van der Waals surface area contributed by atoms with Crippen molar-refractivity contribution in [2.24, 2.45) is 15.7 Å². The summed E-state index contributed by atoms with van der Waals surface area (Å²) in [7, 11) is 0. The Labute approximate surface area is 59.8 Å². The van der Waals surface area contributed by atoms with E-state index in [-0.39, 0.29) is 0 Å². The van der Waals surface area contributed by atoms with E-state index in [4.69, 9.17) is 10.5 Å². The molecule has 0 saturated carbocycles. The van der Waals surface area contributed by atoms with E-state index >= 15 is 0 Å². The van der Waals surface area contributed by atoms with Crippen LogP contribution in [0.3, 0.4) is 0 Å². The fourth-order valence-corrected chi connectivity index (χ4v) is 0.683. The van der Waals surface area contributed by atoms with E-state index in [9.17, 15) is 0 Å². The second-order valence-corrected chi connectivity index (χ2v) is 2.15. The lowest BCUT2D eigenvalue weighted by molar-refractivity contribution is 0.148. The van der Waals surface area contributed by atoms with Crippen molar-refractivity contribution < 1.29 is 4.74 Å². The third-order valence-corrected chi connectivity index (χ3v) is 1.23. The van der Waals surface area contributed by atoms with E-state index in [1.165, 1.54) is 0 Å². The lowest BCUT2D eigenvalue weighted by Crippen LogP contribution is -2.16. The monoisotopic (exact) mass is 141 g/mol. The molecular formula is C6H11N3O. The number of rotatable bonds is 0. The molecule has 0 unspecified atom stereocenters. The molecule has 1 aliphatic heterocycles. The molecule has 10 heavy (non-hydrogen) atoms. The molecule has 0 spiro atoms. The van der Waals surface area contributed by atoms with Crippen molar-refractivity contribution in [3.63, 3.8) is 0 Å². The number of hydrogen-bond donors (Lipinski definition) is 1. The van der Waals surface area contributed by atoms with Crippen LogP contribution in [-0.4, -0.2) is 25.0 Å². The van der Waals surface area contributed by atoms with Gasteiger partial charge in [0.25, 0.3) is 0 Å². The third kappa shape index (κ3) is 2.14. The molecule has 0 aliphatic carbocycles. The molecule has 0 amide bonds. The molecule has 0 saturated heterocycles. The quantitative estimate of drug-likeness (QED) is 0.521. The van der Waals surface area contributed by atoms with Gasteiger partial charge in [-0.2, -0.15) is 0 Å². The SMILES string of the molecule is CC1=NC(N)=NCOCC1. The predicted octanol–water partition coefficient (Wildman–Crippen LogP) is 0.140. The van der Waals surface area contributed by atoms with E-state index in [1.54, 1.807) is 0 Å². The molecular weight excluding hydrogens is 130 g/mol. The second kappa shape index (κ2) is 3.31. The van der Waals surface area contributed by atoms with E-state index in [2.05, 4.69) is 9.98 Å². The zero-order valence-electron chi connectivity index (χ0n) is 6.00. The predicted molar refractivity (Wildman–Crippen MR) is 40.2 cm³/mol. The van der Waals surface area contributed by atoms with Gasteiger partial charge >= 0.3 is 0 Å². The minimum absolute atomic E-state index is 0.317. The van der Waals surface area contributed by atoms with E-state index in [0.29, 0.717) is 19.3 Å². The summed E-state index contributed by atoms with van der Waals surface area (Å²) in [6, 6.07) is 0. The van der Waals surface area contributed by atoms with Gasteiger partial charge in [-0.15, -0.1) is 0 Å². The summed E-state index contributed by atoms with van der Waals surface area (Å²) in [4.78, 5) is 7.82. The number of hydrogen-bond acceptors (Lipinski definition) is 4. The second-order valence-electron chi connectivity index (χ2n) is 2.15. The summed E-state index contributed by atoms with van der Waals surface area (Å²) in [5.41, 5.74) is 6.35. The third-order valence-electron chi connectivity index (χ3n) is 1.23. The maximum atomic E-state index is 5.38. The van der Waals surface area contributed by atoms with Gasteiger partial charge < -0.3 is 10.5 Å². The van der Waals surface area contributed by atoms with Crippen LogP contribution in [0.4, 0.5) is 0 Å². The highest BCUT2D eigenvalue weighted by molar-refractivity contribution is 5.95. The summed E-state index contributed by atoms with van der Waals surface area (Å²) >= 11 is 0. The van der Waals surface area contributed by atoms with Crippen molar-refractivity contribution in [2.75, 3.05) is 13.3 Å². The number of aliphatic imine (C=N–C) groups is 2. The Morgan fingerprint density at radius 3 is 3.20 bits per heavy atom. The van der Waals surface area contributed by atoms with Crippen molar-refractivity contribution >= 4 is 11.7 Å². The van der Waals surface area contributed by atoms with Gasteiger partial charge in [-0.1, -0.05) is 0 Å². The Kier molecular flexibility index (Phi) is 2.39. The van der Waals surface area contributed by atoms with Gasteiger partial charge in [-0.3, -0.25) is 0 Å². The van der Waals surface area contributed by atoms with Crippen LogP contribution in [0, 0.1) is 0 Å². The van der Waals surface area contributed by atoms with Crippen LogP contribution in [-0.2, 0) is 4.74 Å². The van der Waals surface area contributed by atoms with Gasteiger partial charge in [-0.25, -0.2) is 9.98 Å². The van der Waals surface area contributed by atoms with Gasteiger partial charge in [0.05, 0.1) is 6.61 Å². The molecule has 0 radical (unpaired) electrons. The average Bonchev–Trinajstić information content (AvgIpc) is 1.83. The Balaban J connectivity index is 2.63. The van der Waals surface area contributed by atoms with Crippen LogP contribution < -0.4 is 5.73 Å². The molecule has 1 rings (SSSR count). The number of ether oxygens (including phenoxy) is 1. The molecule has 0 atom stereocenters. The highest BCUT2D eigenvalue weighted by atomic mass is 16.5. The highest BCUT2D eigenvalue weighted by Gasteiger charge is 1.97. The normalized spacial score (nSPS) is 20.5. The summed E-state index contributed by atoms with van der Waals surface area (Å²) < 4.78 is 5.07. The highest BCUT2D eigenvalue weighted by Crippen LogP contribution is 1.92. The van der Waals surface area contributed by atoms with Gasteiger partial charge in [0.1, 0.15) is 6.73 Å². The van der Waals surface area contributed by atoms with Crippen molar-refractivity contribution in [3.8, 4) is 0 Å². The molecule has 4 heteroatoms. The van der Waals surface area contributed by atoms with Crippen LogP contribution >= 0.6 is 0 Å². The van der Waals surface area contributed by atoms with Gasteiger partial charge in [0, 0.05) is 12.1 Å². The average molecular weight is 141 g/mol. The maximum absolute atomic E-state index is 5.38. The first-order chi connectivity index (χ1) is 4.79. The van der Waals surface area contributed by atoms with E-state index < -0.39 is 0 Å². The Bertz CT molecular complexity index is 174. The van der Waals surface area contributed by atoms with Crippen LogP contribution in [0.5, 0.6) is 0 Å². The van der Waals surface area contributed by atoms with Gasteiger partial charge in [0.2, 0.25) is 5.96 Å². The largest absolute Gasteiger partial charge is 0.368 e. The first-order valence-corrected chi connectivity index (χ1v) is 3.21. The van der Waals surface area contributed by atoms with Gasteiger partial charge in [-0.05, 0) is 6.92 Å². The molecule has 56 valence electrons. The van der Waals surface area contributed by atoms with Crippen molar-refractivity contribution in [3.05, 3.63) is 0 Å². The fraction of sp³-hybridized carbons (Fsp3) is 0.667. The molecule has 0 aromatic rings. The number of nitrogens with two attached hydrogens (primary N) is 1. The van der Waals surface area contributed by atoms with Crippen LogP contribution in [0.2, 0.25) is 0 Å². The standard InChI is InChI=1S/C6H11N3O/c1-5-2-3-10-4-8-6(7)9-5/h2-4H2,1H3,(H2,7,8). The molecule has 0 bridgehead atoms. The van der Waals surface area contributed by atoms with Crippen LogP contribution in [0.25, 0.3) is 0 Å². The maximum Gasteiger partial charge on any atom is 0.217 e. The zero-order valence-corrected chi connectivity index (χ0v) is 6.00. The number of nitrogens with zero attached hydrogens (tertiary/aromatic N) is 2. The minimum atomic E-state index is 0.317.